The Bertz CT molecular complexity index is 1040. The summed E-state index contributed by atoms with van der Waals surface area (Å²) in [6, 6.07) is 6.14. The predicted octanol–water partition coefficient (Wildman–Crippen LogP) is 4.29. The zero-order valence-corrected chi connectivity index (χ0v) is 17.9. The van der Waals surface area contributed by atoms with Gasteiger partial charge in [0.05, 0.1) is 11.8 Å². The number of halogens is 3. The summed E-state index contributed by atoms with van der Waals surface area (Å²) in [5, 5.41) is 2.48. The summed E-state index contributed by atoms with van der Waals surface area (Å²) >= 11 is 0. The molecule has 1 aromatic carbocycles. The minimum absolute atomic E-state index is 0.0357. The second kappa shape index (κ2) is 9.35. The Morgan fingerprint density at radius 2 is 1.85 bits per heavy atom. The number of carbonyl (C=O) groups is 3. The molecule has 1 N–H and O–H groups in total. The highest BCUT2D eigenvalue weighted by Crippen LogP contribution is 2.30. The topological polar surface area (TPSA) is 101 Å². The minimum Gasteiger partial charge on any atom is -0.447 e. The maximum absolute atomic E-state index is 12.9. The minimum atomic E-state index is -4.85. The van der Waals surface area contributed by atoms with Gasteiger partial charge in [0, 0.05) is 12.7 Å². The molecule has 9 nitrogen and oxygen atoms in total. The summed E-state index contributed by atoms with van der Waals surface area (Å²) in [4.78, 5) is 43.6. The van der Waals surface area contributed by atoms with Gasteiger partial charge in [-0.15, -0.1) is 13.2 Å². The van der Waals surface area contributed by atoms with Crippen molar-refractivity contribution in [2.45, 2.75) is 45.8 Å². The third-order valence-corrected chi connectivity index (χ3v) is 4.56. The van der Waals surface area contributed by atoms with Gasteiger partial charge in [-0.05, 0) is 62.7 Å². The molecular weight excluding hydrogens is 445 g/mol. The molecule has 0 aliphatic carbocycles. The molecule has 1 unspecified atom stereocenters. The van der Waals surface area contributed by atoms with Crippen molar-refractivity contribution in [3.05, 3.63) is 48.2 Å². The Morgan fingerprint density at radius 3 is 2.45 bits per heavy atom. The lowest BCUT2D eigenvalue weighted by Crippen LogP contribution is -2.33. The van der Waals surface area contributed by atoms with Crippen molar-refractivity contribution < 1.29 is 37.0 Å². The van der Waals surface area contributed by atoms with E-state index in [1.54, 1.807) is 26.8 Å². The molecule has 4 amide bonds. The molecule has 0 spiro atoms. The molecule has 1 aromatic heterocycles. The van der Waals surface area contributed by atoms with Crippen molar-refractivity contribution in [2.75, 3.05) is 10.2 Å². The van der Waals surface area contributed by atoms with Crippen LogP contribution in [0.4, 0.5) is 34.3 Å². The highest BCUT2D eigenvalue weighted by Gasteiger charge is 2.43. The maximum Gasteiger partial charge on any atom is 0.573 e. The smallest absolute Gasteiger partial charge is 0.447 e. The highest BCUT2D eigenvalue weighted by molar-refractivity contribution is 6.21. The summed E-state index contributed by atoms with van der Waals surface area (Å²) in [7, 11) is 0. The number of alkyl halides is 3. The predicted molar refractivity (Wildman–Crippen MR) is 110 cm³/mol. The molecule has 2 aromatic rings. The summed E-state index contributed by atoms with van der Waals surface area (Å²) in [6.07, 6.45) is -4.41. The van der Waals surface area contributed by atoms with Crippen molar-refractivity contribution in [3.8, 4) is 5.75 Å². The van der Waals surface area contributed by atoms with Gasteiger partial charge in [0.1, 0.15) is 17.6 Å². The zero-order valence-electron chi connectivity index (χ0n) is 17.9. The number of ether oxygens (including phenoxy) is 2. The number of imide groups is 1. The van der Waals surface area contributed by atoms with Crippen molar-refractivity contribution in [1.29, 1.82) is 0 Å². The van der Waals surface area contributed by atoms with Crippen LogP contribution in [-0.4, -0.2) is 46.4 Å². The normalized spacial score (nSPS) is 16.4. The molecule has 1 aliphatic heterocycles. The van der Waals surface area contributed by atoms with E-state index in [-0.39, 0.29) is 24.2 Å². The third kappa shape index (κ3) is 5.90. The molecule has 2 heterocycles. The monoisotopic (exact) mass is 466 g/mol. The first-order chi connectivity index (χ1) is 15.4. The molecule has 0 radical (unpaired) electrons. The molecule has 0 bridgehead atoms. The molecule has 12 heteroatoms. The van der Waals surface area contributed by atoms with Gasteiger partial charge in [-0.2, -0.15) is 0 Å². The van der Waals surface area contributed by atoms with Crippen LogP contribution in [0.15, 0.2) is 42.6 Å². The fraction of sp³-hybridized carbons (Fsp3) is 0.333. The van der Waals surface area contributed by atoms with E-state index in [9.17, 15) is 27.6 Å². The van der Waals surface area contributed by atoms with Crippen LogP contribution >= 0.6 is 0 Å². The van der Waals surface area contributed by atoms with Crippen molar-refractivity contribution in [2.24, 2.45) is 0 Å². The van der Waals surface area contributed by atoms with E-state index in [1.807, 2.05) is 0 Å². The Hall–Kier alpha value is -3.83. The van der Waals surface area contributed by atoms with Crippen LogP contribution in [0.25, 0.3) is 0 Å². The second-order valence-corrected chi connectivity index (χ2v) is 7.43. The number of hydrogen-bond acceptors (Lipinski definition) is 6. The zero-order chi connectivity index (χ0) is 24.3. The fourth-order valence-corrected chi connectivity index (χ4v) is 3.13. The number of urea groups is 1. The fourth-order valence-electron chi connectivity index (χ4n) is 3.13. The van der Waals surface area contributed by atoms with Crippen molar-refractivity contribution in [3.63, 3.8) is 0 Å². The molecular formula is C21H21F3N4O5. The van der Waals surface area contributed by atoms with Crippen LogP contribution in [0, 0.1) is 0 Å². The molecule has 176 valence electrons. The summed E-state index contributed by atoms with van der Waals surface area (Å²) < 4.78 is 45.9. The lowest BCUT2D eigenvalue weighted by Gasteiger charge is -2.20. The average molecular weight is 466 g/mol. The molecule has 1 saturated heterocycles. The van der Waals surface area contributed by atoms with Crippen LogP contribution in [0.5, 0.6) is 5.75 Å². The standard InChI is InChI=1S/C21H21F3N4O5/c1-12(2)32-19(30)26-17-10-14(8-9-25-17)11-27-13(3)18(29)28(20(27)31)15-4-6-16(7-5-15)33-21(22,23)24/h4-10,12-13H,11H2,1-3H3,(H,25,26,30). The van der Waals surface area contributed by atoms with E-state index in [0.717, 1.165) is 17.0 Å². The van der Waals surface area contributed by atoms with Crippen LogP contribution in [0.2, 0.25) is 0 Å². The number of aromatic nitrogens is 1. The van der Waals surface area contributed by atoms with Crippen molar-refractivity contribution in [1.82, 2.24) is 9.88 Å². The number of nitrogens with one attached hydrogen (secondary N) is 1. The van der Waals surface area contributed by atoms with Gasteiger partial charge in [0.15, 0.2) is 0 Å². The van der Waals surface area contributed by atoms with Gasteiger partial charge in [0.25, 0.3) is 5.91 Å². The second-order valence-electron chi connectivity index (χ2n) is 7.43. The van der Waals surface area contributed by atoms with Gasteiger partial charge in [-0.3, -0.25) is 10.1 Å². The van der Waals surface area contributed by atoms with Gasteiger partial charge in [-0.25, -0.2) is 19.5 Å². The van der Waals surface area contributed by atoms with E-state index < -0.39 is 36.2 Å². The van der Waals surface area contributed by atoms with Crippen LogP contribution < -0.4 is 15.0 Å². The lowest BCUT2D eigenvalue weighted by molar-refractivity contribution is -0.274. The van der Waals surface area contributed by atoms with Gasteiger partial charge < -0.3 is 14.4 Å². The first-order valence-electron chi connectivity index (χ1n) is 9.87. The van der Waals surface area contributed by atoms with Crippen LogP contribution in [0.1, 0.15) is 26.3 Å². The van der Waals surface area contributed by atoms with Gasteiger partial charge in [0.2, 0.25) is 0 Å². The number of rotatable bonds is 6. The van der Waals surface area contributed by atoms with Gasteiger partial charge in [-0.1, -0.05) is 0 Å². The number of benzene rings is 1. The quantitative estimate of drug-likeness (QED) is 0.638. The molecule has 1 atom stereocenters. The molecule has 3 rings (SSSR count). The first-order valence-corrected chi connectivity index (χ1v) is 9.87. The maximum atomic E-state index is 12.9. The number of pyridine rings is 1. The molecule has 1 aliphatic rings. The van der Waals surface area contributed by atoms with Crippen LogP contribution in [0.3, 0.4) is 0 Å². The van der Waals surface area contributed by atoms with Crippen LogP contribution in [-0.2, 0) is 16.1 Å². The number of hydrogen-bond donors (Lipinski definition) is 1. The summed E-state index contributed by atoms with van der Waals surface area (Å²) in [5.41, 5.74) is 0.705. The summed E-state index contributed by atoms with van der Waals surface area (Å²) in [5.74, 6) is -0.790. The Morgan fingerprint density at radius 1 is 1.18 bits per heavy atom. The van der Waals surface area contributed by atoms with E-state index in [2.05, 4.69) is 15.0 Å². The van der Waals surface area contributed by atoms with E-state index in [4.69, 9.17) is 4.74 Å². The number of amides is 4. The largest absolute Gasteiger partial charge is 0.573 e. The van der Waals surface area contributed by atoms with E-state index >= 15 is 0 Å². The van der Waals surface area contributed by atoms with E-state index in [1.165, 1.54) is 29.3 Å². The van der Waals surface area contributed by atoms with E-state index in [0.29, 0.717) is 5.56 Å². The molecule has 0 saturated carbocycles. The Labute approximate surface area is 187 Å². The van der Waals surface area contributed by atoms with Crippen molar-refractivity contribution >= 4 is 29.5 Å². The lowest BCUT2D eigenvalue weighted by atomic mass is 10.2. The SMILES string of the molecule is CC(C)OC(=O)Nc1cc(CN2C(=O)N(c3ccc(OC(F)(F)F)cc3)C(=O)C2C)ccn1. The highest BCUT2D eigenvalue weighted by atomic mass is 19.4. The Balaban J connectivity index is 1.73. The van der Waals surface area contributed by atoms with Gasteiger partial charge >= 0.3 is 18.5 Å². The average Bonchev–Trinajstić information content (AvgIpc) is 2.90. The molecule has 33 heavy (non-hydrogen) atoms. The number of carbonyl (C=O) groups excluding carboxylic acids is 3. The molecule has 1 fully saturated rings. The summed E-state index contributed by atoms with van der Waals surface area (Å²) in [6.45, 7) is 4.97. The first kappa shape index (κ1) is 23.8. The third-order valence-electron chi connectivity index (χ3n) is 4.56. The number of anilines is 2. The number of nitrogens with zero attached hydrogens (tertiary/aromatic N) is 3. The Kier molecular flexibility index (Phi) is 6.75.